The second-order valence-electron chi connectivity index (χ2n) is 7.80. The van der Waals surface area contributed by atoms with Crippen molar-refractivity contribution in [2.45, 2.75) is 31.2 Å². The van der Waals surface area contributed by atoms with Crippen LogP contribution in [0.25, 0.3) is 12.2 Å². The molecule has 0 saturated carbocycles. The summed E-state index contributed by atoms with van der Waals surface area (Å²) in [5, 5.41) is 9.34. The van der Waals surface area contributed by atoms with Crippen LogP contribution < -0.4 is 5.32 Å². The number of sulfonamides is 1. The summed E-state index contributed by atoms with van der Waals surface area (Å²) >= 11 is 7.69. The minimum atomic E-state index is -3.80. The lowest BCUT2D eigenvalue weighted by Gasteiger charge is -2.30. The van der Waals surface area contributed by atoms with Crippen molar-refractivity contribution in [1.82, 2.24) is 14.8 Å². The first-order valence-electron chi connectivity index (χ1n) is 10.6. The molecule has 1 aliphatic rings. The molecular formula is C23H24ClN3O4S2. The number of hydrogen-bond acceptors (Lipinski definition) is 6. The number of aromatic nitrogens is 1. The van der Waals surface area contributed by atoms with Crippen LogP contribution in [0.15, 0.2) is 51.2 Å². The van der Waals surface area contributed by atoms with E-state index < -0.39 is 10.0 Å². The maximum absolute atomic E-state index is 13.4. The molecule has 174 valence electrons. The van der Waals surface area contributed by atoms with Crippen molar-refractivity contribution < 1.29 is 17.7 Å². The van der Waals surface area contributed by atoms with Crippen molar-refractivity contribution in [1.29, 1.82) is 0 Å². The van der Waals surface area contributed by atoms with Gasteiger partial charge in [0.25, 0.3) is 0 Å². The molecule has 0 radical (unpaired) electrons. The number of carbonyl (C=O) groups excluding carboxylic acids is 1. The second kappa shape index (κ2) is 10.2. The Morgan fingerprint density at radius 1 is 1.24 bits per heavy atom. The van der Waals surface area contributed by atoms with Crippen LogP contribution in [0, 0.1) is 12.8 Å². The van der Waals surface area contributed by atoms with E-state index in [-0.39, 0.29) is 35.6 Å². The van der Waals surface area contributed by atoms with Crippen LogP contribution in [-0.4, -0.2) is 36.9 Å². The summed E-state index contributed by atoms with van der Waals surface area (Å²) in [5.41, 5.74) is 1.17. The predicted molar refractivity (Wildman–Crippen MR) is 129 cm³/mol. The van der Waals surface area contributed by atoms with Gasteiger partial charge in [-0.25, -0.2) is 8.42 Å². The summed E-state index contributed by atoms with van der Waals surface area (Å²) in [6.07, 6.45) is 4.32. The van der Waals surface area contributed by atoms with Crippen molar-refractivity contribution in [3.8, 4) is 0 Å². The normalized spacial score (nSPS) is 15.8. The van der Waals surface area contributed by atoms with Crippen LogP contribution in [0.5, 0.6) is 0 Å². The molecule has 1 aromatic carbocycles. The summed E-state index contributed by atoms with van der Waals surface area (Å²) in [4.78, 5) is 13.7. The number of benzene rings is 1. The van der Waals surface area contributed by atoms with Gasteiger partial charge in [-0.15, -0.1) is 11.3 Å². The van der Waals surface area contributed by atoms with Crippen molar-refractivity contribution in [2.75, 3.05) is 13.1 Å². The quantitative estimate of drug-likeness (QED) is 0.507. The monoisotopic (exact) mass is 505 g/mol. The van der Waals surface area contributed by atoms with Crippen molar-refractivity contribution in [3.63, 3.8) is 0 Å². The third kappa shape index (κ3) is 5.38. The summed E-state index contributed by atoms with van der Waals surface area (Å²) in [6.45, 7) is 2.47. The van der Waals surface area contributed by atoms with Crippen LogP contribution in [0.4, 0.5) is 0 Å². The summed E-state index contributed by atoms with van der Waals surface area (Å²) < 4.78 is 33.4. The number of nitrogens with one attached hydrogen (secondary N) is 1. The Morgan fingerprint density at radius 3 is 2.70 bits per heavy atom. The lowest BCUT2D eigenvalue weighted by molar-refractivity contribution is -0.126. The Morgan fingerprint density at radius 2 is 2.00 bits per heavy atom. The van der Waals surface area contributed by atoms with E-state index in [4.69, 9.17) is 16.1 Å². The molecule has 3 heterocycles. The largest absolute Gasteiger partial charge is 0.355 e. The molecule has 1 fully saturated rings. The molecule has 1 amide bonds. The van der Waals surface area contributed by atoms with E-state index in [9.17, 15) is 13.2 Å². The van der Waals surface area contributed by atoms with Crippen LogP contribution >= 0.6 is 22.9 Å². The SMILES string of the molecule is Cc1noc(C=Cc2cccs2)c1S(=O)(=O)N1CCC(C(=O)NCc2ccccc2Cl)CC1. The van der Waals surface area contributed by atoms with Gasteiger partial charge in [0.15, 0.2) is 10.7 Å². The zero-order chi connectivity index (χ0) is 23.4. The van der Waals surface area contributed by atoms with Gasteiger partial charge in [-0.1, -0.05) is 41.0 Å². The minimum Gasteiger partial charge on any atom is -0.355 e. The molecule has 10 heteroatoms. The maximum Gasteiger partial charge on any atom is 0.248 e. The molecule has 1 N–H and O–H groups in total. The number of rotatable bonds is 7. The van der Waals surface area contributed by atoms with Gasteiger partial charge in [-0.3, -0.25) is 4.79 Å². The molecule has 0 unspecified atom stereocenters. The first-order valence-corrected chi connectivity index (χ1v) is 13.2. The second-order valence-corrected chi connectivity index (χ2v) is 11.1. The summed E-state index contributed by atoms with van der Waals surface area (Å²) in [7, 11) is -3.80. The van der Waals surface area contributed by atoms with Crippen LogP contribution in [0.1, 0.15) is 34.7 Å². The van der Waals surface area contributed by atoms with E-state index in [2.05, 4.69) is 10.5 Å². The van der Waals surface area contributed by atoms with Gasteiger partial charge in [-0.05, 0) is 55.0 Å². The minimum absolute atomic E-state index is 0.0805. The van der Waals surface area contributed by atoms with E-state index in [0.717, 1.165) is 10.4 Å². The number of nitrogens with zero attached hydrogens (tertiary/aromatic N) is 2. The van der Waals surface area contributed by atoms with Gasteiger partial charge in [0, 0.05) is 35.5 Å². The van der Waals surface area contributed by atoms with Crippen LogP contribution in [-0.2, 0) is 21.4 Å². The van der Waals surface area contributed by atoms with Crippen molar-refractivity contribution in [3.05, 3.63) is 68.7 Å². The molecule has 1 saturated heterocycles. The first kappa shape index (κ1) is 23.7. The topological polar surface area (TPSA) is 92.5 Å². The smallest absolute Gasteiger partial charge is 0.248 e. The summed E-state index contributed by atoms with van der Waals surface area (Å²) in [5.74, 6) is -0.131. The Kier molecular flexibility index (Phi) is 7.33. The summed E-state index contributed by atoms with van der Waals surface area (Å²) in [6, 6.07) is 11.2. The van der Waals surface area contributed by atoms with E-state index in [1.165, 1.54) is 4.31 Å². The van der Waals surface area contributed by atoms with Gasteiger partial charge < -0.3 is 9.84 Å². The Bertz CT molecular complexity index is 1240. The number of halogens is 1. The average molecular weight is 506 g/mol. The number of piperidine rings is 1. The van der Waals surface area contributed by atoms with Gasteiger partial charge >= 0.3 is 0 Å². The van der Waals surface area contributed by atoms with Gasteiger partial charge in [0.1, 0.15) is 5.69 Å². The lowest BCUT2D eigenvalue weighted by Crippen LogP contribution is -2.43. The van der Waals surface area contributed by atoms with E-state index >= 15 is 0 Å². The van der Waals surface area contributed by atoms with E-state index in [0.29, 0.717) is 30.1 Å². The van der Waals surface area contributed by atoms with Gasteiger partial charge in [0.2, 0.25) is 15.9 Å². The van der Waals surface area contributed by atoms with E-state index in [1.54, 1.807) is 36.5 Å². The average Bonchev–Trinajstić information content (AvgIpc) is 3.46. The molecular weight excluding hydrogens is 482 g/mol. The molecule has 0 atom stereocenters. The van der Waals surface area contributed by atoms with Crippen LogP contribution in [0.3, 0.4) is 0 Å². The van der Waals surface area contributed by atoms with Gasteiger partial charge in [-0.2, -0.15) is 4.31 Å². The zero-order valence-corrected chi connectivity index (χ0v) is 20.4. The first-order chi connectivity index (χ1) is 15.9. The highest BCUT2D eigenvalue weighted by atomic mass is 35.5. The lowest BCUT2D eigenvalue weighted by atomic mass is 9.97. The standard InChI is InChI=1S/C23H24ClN3O4S2/c1-16-22(21(31-26-16)9-8-19-6-4-14-32-19)33(29,30)27-12-10-17(11-13-27)23(28)25-15-18-5-2-3-7-20(18)24/h2-9,14,17H,10-13,15H2,1H3,(H,25,28). The number of amides is 1. The molecule has 0 spiro atoms. The molecule has 33 heavy (non-hydrogen) atoms. The van der Waals surface area contributed by atoms with Crippen LogP contribution in [0.2, 0.25) is 5.02 Å². The maximum atomic E-state index is 13.4. The number of carbonyl (C=O) groups is 1. The molecule has 2 aromatic heterocycles. The number of hydrogen-bond donors (Lipinski definition) is 1. The third-order valence-corrected chi connectivity index (χ3v) is 8.87. The Hall–Kier alpha value is -2.46. The highest BCUT2D eigenvalue weighted by molar-refractivity contribution is 7.89. The van der Waals surface area contributed by atoms with Crippen molar-refractivity contribution >= 4 is 51.0 Å². The van der Waals surface area contributed by atoms with E-state index in [1.807, 2.05) is 35.7 Å². The highest BCUT2D eigenvalue weighted by Gasteiger charge is 2.35. The third-order valence-electron chi connectivity index (χ3n) is 5.61. The molecule has 1 aliphatic heterocycles. The number of thiophene rings is 1. The molecule has 0 bridgehead atoms. The molecule has 3 aromatic rings. The molecule has 7 nitrogen and oxygen atoms in total. The fourth-order valence-corrected chi connectivity index (χ4v) is 6.34. The van der Waals surface area contributed by atoms with Gasteiger partial charge in [0.05, 0.1) is 0 Å². The Balaban J connectivity index is 1.40. The number of aryl methyl sites for hydroxylation is 1. The molecule has 0 aliphatic carbocycles. The Labute approximate surface area is 202 Å². The zero-order valence-electron chi connectivity index (χ0n) is 18.0. The fraction of sp³-hybridized carbons (Fsp3) is 0.304. The fourth-order valence-electron chi connectivity index (χ4n) is 3.80. The highest BCUT2D eigenvalue weighted by Crippen LogP contribution is 2.29. The molecule has 4 rings (SSSR count). The predicted octanol–water partition coefficient (Wildman–Crippen LogP) is 4.59. The van der Waals surface area contributed by atoms with Crippen molar-refractivity contribution in [2.24, 2.45) is 5.92 Å².